The Kier molecular flexibility index (Phi) is 7.40. The summed E-state index contributed by atoms with van der Waals surface area (Å²) in [6, 6.07) is 66.9. The van der Waals surface area contributed by atoms with Crippen molar-refractivity contribution in [2.24, 2.45) is 0 Å². The van der Waals surface area contributed by atoms with Crippen LogP contribution in [0.1, 0.15) is 0 Å². The first-order valence-corrected chi connectivity index (χ1v) is 19.7. The summed E-state index contributed by atoms with van der Waals surface area (Å²) in [4.78, 5) is 20.5. The molecule has 7 nitrogen and oxygen atoms in total. The minimum atomic E-state index is 0.544. The first-order valence-electron chi connectivity index (χ1n) is 19.7. The third-order valence-electron chi connectivity index (χ3n) is 11.2. The molecular weight excluding hydrogens is 725 g/mol. The van der Waals surface area contributed by atoms with E-state index >= 15 is 0 Å². The van der Waals surface area contributed by atoms with Crippen LogP contribution in [0, 0.1) is 0 Å². The summed E-state index contributed by atoms with van der Waals surface area (Å²) in [6.07, 6.45) is 0. The Bertz CT molecular complexity index is 3460. The molecular formula is C52H32N6O. The monoisotopic (exact) mass is 756 g/mol. The van der Waals surface area contributed by atoms with Gasteiger partial charge in [-0.25, -0.2) is 9.97 Å². The predicted octanol–water partition coefficient (Wildman–Crippen LogP) is 12.9. The molecule has 12 rings (SSSR count). The number of hydrogen-bond acceptors (Lipinski definition) is 5. The van der Waals surface area contributed by atoms with Gasteiger partial charge < -0.3 is 8.98 Å². The lowest BCUT2D eigenvalue weighted by atomic mass is 10.00. The Balaban J connectivity index is 1.21. The van der Waals surface area contributed by atoms with Gasteiger partial charge in [0.15, 0.2) is 17.2 Å². The summed E-state index contributed by atoms with van der Waals surface area (Å²) in [5, 5.41) is 4.48. The molecule has 0 N–H and O–H groups in total. The van der Waals surface area contributed by atoms with Gasteiger partial charge in [0.25, 0.3) is 0 Å². The molecule has 0 fully saturated rings. The minimum Gasteiger partial charge on any atom is -0.436 e. The van der Waals surface area contributed by atoms with E-state index in [1.165, 1.54) is 0 Å². The average Bonchev–Trinajstić information content (AvgIpc) is 4.00. The molecule has 276 valence electrons. The number of fused-ring (bicyclic) bond motifs is 8. The van der Waals surface area contributed by atoms with Crippen molar-refractivity contribution in [3.63, 3.8) is 0 Å². The number of para-hydroxylation sites is 4. The number of nitrogens with zero attached hydrogens (tertiary/aromatic N) is 6. The van der Waals surface area contributed by atoms with Crippen molar-refractivity contribution in [3.8, 4) is 57.0 Å². The fraction of sp³-hybridized carbons (Fsp3) is 0. The Morgan fingerprint density at radius 1 is 0.373 bits per heavy atom. The molecule has 0 saturated heterocycles. The molecule has 0 aliphatic carbocycles. The second kappa shape index (κ2) is 13.2. The molecule has 0 aliphatic heterocycles. The second-order valence-electron chi connectivity index (χ2n) is 14.7. The zero-order valence-electron chi connectivity index (χ0n) is 31.6. The first-order chi connectivity index (χ1) is 29.3. The van der Waals surface area contributed by atoms with E-state index in [-0.39, 0.29) is 0 Å². The molecule has 0 aliphatic rings. The molecule has 4 aromatic heterocycles. The highest BCUT2D eigenvalue weighted by Gasteiger charge is 2.25. The molecule has 59 heavy (non-hydrogen) atoms. The summed E-state index contributed by atoms with van der Waals surface area (Å²) in [5.41, 5.74) is 11.6. The van der Waals surface area contributed by atoms with E-state index in [1.807, 2.05) is 84.9 Å². The maximum absolute atomic E-state index is 6.31. The number of hydrogen-bond donors (Lipinski definition) is 0. The molecule has 0 atom stereocenters. The van der Waals surface area contributed by atoms with Crippen molar-refractivity contribution in [2.75, 3.05) is 0 Å². The summed E-state index contributed by atoms with van der Waals surface area (Å²) in [6.45, 7) is 0. The van der Waals surface area contributed by atoms with Crippen LogP contribution in [0.25, 0.3) is 112 Å². The summed E-state index contributed by atoms with van der Waals surface area (Å²) >= 11 is 0. The number of aromatic nitrogens is 6. The largest absolute Gasteiger partial charge is 0.436 e. The molecule has 0 unspecified atom stereocenters. The number of benzene rings is 8. The maximum Gasteiger partial charge on any atom is 0.238 e. The molecule has 7 heteroatoms. The zero-order valence-corrected chi connectivity index (χ0v) is 31.6. The second-order valence-corrected chi connectivity index (χ2v) is 14.7. The van der Waals surface area contributed by atoms with Gasteiger partial charge in [0.05, 0.1) is 27.8 Å². The van der Waals surface area contributed by atoms with Crippen molar-refractivity contribution >= 4 is 54.7 Å². The predicted molar refractivity (Wildman–Crippen MR) is 238 cm³/mol. The summed E-state index contributed by atoms with van der Waals surface area (Å²) in [7, 11) is 0. The number of rotatable bonds is 6. The topological polar surface area (TPSA) is 74.6 Å². The smallest absolute Gasteiger partial charge is 0.238 e. The van der Waals surface area contributed by atoms with Crippen molar-refractivity contribution in [2.45, 2.75) is 0 Å². The van der Waals surface area contributed by atoms with Crippen LogP contribution in [0.3, 0.4) is 0 Å². The lowest BCUT2D eigenvalue weighted by Gasteiger charge is -2.17. The van der Waals surface area contributed by atoms with Crippen molar-refractivity contribution in [1.82, 2.24) is 29.1 Å². The highest BCUT2D eigenvalue weighted by molar-refractivity contribution is 6.24. The standard InChI is InChI=1S/C52H32N6O/c1-4-16-33(17-5-1)41-32-36(51-53-42-24-12-15-27-46(42)59-51)28-31-45(41)57-43-25-13-10-22-37(43)39-29-30-40-38-23-11-14-26-44(38)58(48(40)47(39)57)52-55-49(34-18-6-2-7-19-34)54-50(56-52)35-20-8-3-9-21-35/h1-32H. The molecule has 4 heterocycles. The van der Waals surface area contributed by atoms with Crippen LogP contribution in [-0.4, -0.2) is 29.1 Å². The fourth-order valence-electron chi connectivity index (χ4n) is 8.56. The Morgan fingerprint density at radius 2 is 0.898 bits per heavy atom. The van der Waals surface area contributed by atoms with Gasteiger partial charge in [0.2, 0.25) is 11.8 Å². The van der Waals surface area contributed by atoms with E-state index < -0.39 is 0 Å². The van der Waals surface area contributed by atoms with Crippen LogP contribution >= 0.6 is 0 Å². The van der Waals surface area contributed by atoms with Crippen LogP contribution < -0.4 is 0 Å². The Hall–Kier alpha value is -8.16. The average molecular weight is 757 g/mol. The van der Waals surface area contributed by atoms with Gasteiger partial charge in [-0.1, -0.05) is 152 Å². The van der Waals surface area contributed by atoms with Gasteiger partial charge in [-0.05, 0) is 48.0 Å². The van der Waals surface area contributed by atoms with Crippen molar-refractivity contribution in [1.29, 1.82) is 0 Å². The van der Waals surface area contributed by atoms with Crippen LogP contribution in [0.5, 0.6) is 0 Å². The van der Waals surface area contributed by atoms with Gasteiger partial charge in [-0.2, -0.15) is 9.97 Å². The molecule has 0 amide bonds. The fourth-order valence-corrected chi connectivity index (χ4v) is 8.56. The lowest BCUT2D eigenvalue weighted by molar-refractivity contribution is 0.620. The third-order valence-corrected chi connectivity index (χ3v) is 11.2. The summed E-state index contributed by atoms with van der Waals surface area (Å²) < 4.78 is 11.0. The zero-order chi connectivity index (χ0) is 38.9. The van der Waals surface area contributed by atoms with Gasteiger partial charge in [-0.3, -0.25) is 4.57 Å². The Labute approximate surface area is 338 Å². The maximum atomic E-state index is 6.31. The van der Waals surface area contributed by atoms with Gasteiger partial charge >= 0.3 is 0 Å². The third kappa shape index (κ3) is 5.29. The molecule has 0 bridgehead atoms. The van der Waals surface area contributed by atoms with Crippen LogP contribution in [0.4, 0.5) is 0 Å². The van der Waals surface area contributed by atoms with E-state index in [0.29, 0.717) is 23.5 Å². The van der Waals surface area contributed by atoms with E-state index in [1.54, 1.807) is 0 Å². The molecule has 0 radical (unpaired) electrons. The van der Waals surface area contributed by atoms with E-state index in [4.69, 9.17) is 24.4 Å². The Morgan fingerprint density at radius 3 is 1.53 bits per heavy atom. The number of oxazole rings is 1. The molecule has 12 aromatic rings. The summed E-state index contributed by atoms with van der Waals surface area (Å²) in [5.74, 6) is 2.34. The highest BCUT2D eigenvalue weighted by Crippen LogP contribution is 2.44. The molecule has 0 spiro atoms. The molecule has 0 saturated carbocycles. The van der Waals surface area contributed by atoms with E-state index in [9.17, 15) is 0 Å². The van der Waals surface area contributed by atoms with E-state index in [2.05, 4.69) is 118 Å². The first kappa shape index (κ1) is 33.0. The highest BCUT2D eigenvalue weighted by atomic mass is 16.3. The minimum absolute atomic E-state index is 0.544. The van der Waals surface area contributed by atoms with Crippen molar-refractivity contribution in [3.05, 3.63) is 194 Å². The quantitative estimate of drug-likeness (QED) is 0.169. The van der Waals surface area contributed by atoms with Crippen LogP contribution in [-0.2, 0) is 0 Å². The molecule has 8 aromatic carbocycles. The normalized spacial score (nSPS) is 11.7. The lowest BCUT2D eigenvalue weighted by Crippen LogP contribution is -2.07. The van der Waals surface area contributed by atoms with Gasteiger partial charge in [-0.15, -0.1) is 0 Å². The van der Waals surface area contributed by atoms with Crippen LogP contribution in [0.2, 0.25) is 0 Å². The SMILES string of the molecule is c1ccc(-c2nc(-c3ccccc3)nc(-n3c4ccccc4c4ccc5c6ccccc6n(-c6ccc(-c7nc8ccccc8o7)cc6-c6ccccc6)c5c43)n2)cc1. The van der Waals surface area contributed by atoms with Gasteiger partial charge in [0.1, 0.15) is 5.52 Å². The van der Waals surface area contributed by atoms with Crippen LogP contribution in [0.15, 0.2) is 199 Å². The van der Waals surface area contributed by atoms with Crippen molar-refractivity contribution < 1.29 is 4.42 Å². The van der Waals surface area contributed by atoms with E-state index in [0.717, 1.165) is 88.2 Å². The van der Waals surface area contributed by atoms with Gasteiger partial charge in [0, 0.05) is 43.8 Å².